The lowest BCUT2D eigenvalue weighted by molar-refractivity contribution is -0.0970. The lowest BCUT2D eigenvalue weighted by Gasteiger charge is -2.36. The number of halogens is 5. The summed E-state index contributed by atoms with van der Waals surface area (Å²) in [6.45, 7) is 4.12. The Kier molecular flexibility index (Phi) is 5.05. The summed E-state index contributed by atoms with van der Waals surface area (Å²) < 4.78 is 72.3. The normalized spacial score (nSPS) is 26.3. The fraction of sp³-hybridized carbons (Fsp3) is 0.625. The fourth-order valence-electron chi connectivity index (χ4n) is 3.09. The SMILES string of the molecule is C=N/N=C(/CC1CC1(F)F)N1C=CC(N2CCOCC2)=C(C(F)(F)F)C1. The Morgan fingerprint density at radius 1 is 1.31 bits per heavy atom. The Bertz CT molecular complexity index is 650. The van der Waals surface area contributed by atoms with E-state index in [2.05, 4.69) is 16.9 Å². The molecule has 10 heteroatoms. The third-order valence-electron chi connectivity index (χ3n) is 4.65. The molecule has 2 heterocycles. The van der Waals surface area contributed by atoms with E-state index in [0.29, 0.717) is 26.3 Å². The largest absolute Gasteiger partial charge is 0.416 e. The lowest BCUT2D eigenvalue weighted by Crippen LogP contribution is -2.41. The summed E-state index contributed by atoms with van der Waals surface area (Å²) in [6.07, 6.45) is -2.20. The Labute approximate surface area is 147 Å². The summed E-state index contributed by atoms with van der Waals surface area (Å²) in [4.78, 5) is 2.84. The second-order valence-corrected chi connectivity index (χ2v) is 6.43. The van der Waals surface area contributed by atoms with E-state index in [4.69, 9.17) is 4.74 Å². The molecule has 1 unspecified atom stereocenters. The highest BCUT2D eigenvalue weighted by atomic mass is 19.4. The van der Waals surface area contributed by atoms with Gasteiger partial charge < -0.3 is 14.5 Å². The van der Waals surface area contributed by atoms with Gasteiger partial charge in [-0.05, 0) is 6.08 Å². The Hall–Kier alpha value is -1.97. The molecule has 2 fully saturated rings. The number of nitrogens with zero attached hydrogens (tertiary/aromatic N) is 4. The average molecular weight is 378 g/mol. The predicted octanol–water partition coefficient (Wildman–Crippen LogP) is 3.02. The maximum Gasteiger partial charge on any atom is 0.416 e. The third-order valence-corrected chi connectivity index (χ3v) is 4.65. The predicted molar refractivity (Wildman–Crippen MR) is 86.0 cm³/mol. The summed E-state index contributed by atoms with van der Waals surface area (Å²) >= 11 is 0. The van der Waals surface area contributed by atoms with Gasteiger partial charge in [0.2, 0.25) is 0 Å². The molecule has 0 aromatic rings. The van der Waals surface area contributed by atoms with E-state index in [1.54, 1.807) is 4.90 Å². The zero-order valence-corrected chi connectivity index (χ0v) is 14.0. The van der Waals surface area contributed by atoms with Crippen LogP contribution in [0.2, 0.25) is 0 Å². The molecule has 0 spiro atoms. The van der Waals surface area contributed by atoms with Gasteiger partial charge in [-0.2, -0.15) is 18.3 Å². The zero-order chi connectivity index (χ0) is 18.9. The Morgan fingerprint density at radius 2 is 1.96 bits per heavy atom. The first-order valence-electron chi connectivity index (χ1n) is 8.20. The molecule has 2 aliphatic heterocycles. The number of ether oxygens (including phenoxy) is 1. The molecule has 5 nitrogen and oxygen atoms in total. The zero-order valence-electron chi connectivity index (χ0n) is 14.0. The van der Waals surface area contributed by atoms with E-state index in [9.17, 15) is 22.0 Å². The molecule has 3 aliphatic rings. The van der Waals surface area contributed by atoms with Crippen molar-refractivity contribution in [3.63, 3.8) is 0 Å². The standard InChI is InChI=1S/C16H19F5N4O/c1-22-23-14(8-11-9-15(11,17)18)25-3-2-13(12(10-25)16(19,20)21)24-4-6-26-7-5-24/h2-3,11H,1,4-10H2/b23-14-. The molecular formula is C16H19F5N4O. The molecule has 1 atom stereocenters. The van der Waals surface area contributed by atoms with Crippen molar-refractivity contribution in [2.45, 2.75) is 24.9 Å². The maximum absolute atomic E-state index is 13.6. The molecule has 0 aromatic carbocycles. The van der Waals surface area contributed by atoms with Crippen LogP contribution in [0.1, 0.15) is 12.8 Å². The van der Waals surface area contributed by atoms with Gasteiger partial charge in [-0.25, -0.2) is 8.78 Å². The monoisotopic (exact) mass is 378 g/mol. The van der Waals surface area contributed by atoms with E-state index < -0.39 is 30.1 Å². The first-order chi connectivity index (χ1) is 12.2. The molecule has 0 bridgehead atoms. The molecule has 144 valence electrons. The van der Waals surface area contributed by atoms with Gasteiger partial charge in [0, 0.05) is 50.5 Å². The Morgan fingerprint density at radius 3 is 2.50 bits per heavy atom. The van der Waals surface area contributed by atoms with Gasteiger partial charge in [0.25, 0.3) is 5.92 Å². The smallest absolute Gasteiger partial charge is 0.378 e. The number of rotatable bonds is 4. The second kappa shape index (κ2) is 6.98. The molecule has 0 N–H and O–H groups in total. The van der Waals surface area contributed by atoms with Crippen LogP contribution < -0.4 is 0 Å². The van der Waals surface area contributed by atoms with Crippen LogP contribution in [0.5, 0.6) is 0 Å². The van der Waals surface area contributed by atoms with E-state index in [0.717, 1.165) is 0 Å². The van der Waals surface area contributed by atoms with Crippen molar-refractivity contribution >= 4 is 12.6 Å². The molecule has 1 aliphatic carbocycles. The first-order valence-corrected chi connectivity index (χ1v) is 8.20. The van der Waals surface area contributed by atoms with Crippen molar-refractivity contribution in [2.24, 2.45) is 16.1 Å². The topological polar surface area (TPSA) is 40.4 Å². The van der Waals surface area contributed by atoms with Gasteiger partial charge in [-0.3, -0.25) is 0 Å². The second-order valence-electron chi connectivity index (χ2n) is 6.43. The molecular weight excluding hydrogens is 359 g/mol. The number of allylic oxidation sites excluding steroid dienone is 1. The van der Waals surface area contributed by atoms with Gasteiger partial charge in [0.1, 0.15) is 5.84 Å². The third kappa shape index (κ3) is 4.05. The van der Waals surface area contributed by atoms with Crippen molar-refractivity contribution in [3.05, 3.63) is 23.5 Å². The van der Waals surface area contributed by atoms with E-state index in [-0.39, 0.29) is 24.4 Å². The van der Waals surface area contributed by atoms with Gasteiger partial charge >= 0.3 is 6.18 Å². The van der Waals surface area contributed by atoms with Gasteiger partial charge in [0.05, 0.1) is 25.3 Å². The molecule has 1 saturated heterocycles. The van der Waals surface area contributed by atoms with Gasteiger partial charge in [0.15, 0.2) is 0 Å². The van der Waals surface area contributed by atoms with E-state index in [1.165, 1.54) is 17.2 Å². The molecule has 0 aromatic heterocycles. The minimum atomic E-state index is -4.55. The van der Waals surface area contributed by atoms with Crippen molar-refractivity contribution < 1.29 is 26.7 Å². The number of morpholine rings is 1. The van der Waals surface area contributed by atoms with Crippen LogP contribution in [0.25, 0.3) is 0 Å². The number of alkyl halides is 5. The lowest BCUT2D eigenvalue weighted by atomic mass is 10.1. The molecule has 1 saturated carbocycles. The van der Waals surface area contributed by atoms with Crippen LogP contribution in [-0.2, 0) is 4.74 Å². The van der Waals surface area contributed by atoms with Crippen molar-refractivity contribution in [1.82, 2.24) is 9.80 Å². The molecule has 0 amide bonds. The molecule has 26 heavy (non-hydrogen) atoms. The van der Waals surface area contributed by atoms with Gasteiger partial charge in [-0.1, -0.05) is 0 Å². The maximum atomic E-state index is 13.6. The summed E-state index contributed by atoms with van der Waals surface area (Å²) in [5, 5.41) is 7.03. The van der Waals surface area contributed by atoms with Crippen molar-refractivity contribution in [1.29, 1.82) is 0 Å². The van der Waals surface area contributed by atoms with Crippen molar-refractivity contribution in [2.75, 3.05) is 32.8 Å². The first kappa shape index (κ1) is 18.8. The number of hydrogen-bond acceptors (Lipinski definition) is 4. The molecule has 3 rings (SSSR count). The van der Waals surface area contributed by atoms with E-state index >= 15 is 0 Å². The average Bonchev–Trinajstić information content (AvgIpc) is 3.20. The highest BCUT2D eigenvalue weighted by Gasteiger charge is 2.57. The summed E-state index contributed by atoms with van der Waals surface area (Å²) in [6, 6.07) is 0. The van der Waals surface area contributed by atoms with Gasteiger partial charge in [-0.15, -0.1) is 5.10 Å². The minimum Gasteiger partial charge on any atom is -0.378 e. The Balaban J connectivity index is 1.82. The summed E-state index contributed by atoms with van der Waals surface area (Å²) in [7, 11) is 0. The molecule has 0 radical (unpaired) electrons. The summed E-state index contributed by atoms with van der Waals surface area (Å²) in [5.41, 5.74) is -0.652. The van der Waals surface area contributed by atoms with Crippen LogP contribution in [0.3, 0.4) is 0 Å². The summed E-state index contributed by atoms with van der Waals surface area (Å²) in [5.74, 6) is -3.65. The quantitative estimate of drug-likeness (QED) is 0.327. The number of hydrogen-bond donors (Lipinski definition) is 0. The van der Waals surface area contributed by atoms with Crippen LogP contribution >= 0.6 is 0 Å². The fourth-order valence-corrected chi connectivity index (χ4v) is 3.09. The highest BCUT2D eigenvalue weighted by Crippen LogP contribution is 2.51. The van der Waals surface area contributed by atoms with Crippen LogP contribution in [0.4, 0.5) is 22.0 Å². The van der Waals surface area contributed by atoms with Crippen LogP contribution in [0.15, 0.2) is 33.7 Å². The van der Waals surface area contributed by atoms with Crippen molar-refractivity contribution in [3.8, 4) is 0 Å². The van der Waals surface area contributed by atoms with Crippen LogP contribution in [0, 0.1) is 5.92 Å². The van der Waals surface area contributed by atoms with E-state index in [1.807, 2.05) is 0 Å². The minimum absolute atomic E-state index is 0.0567. The highest BCUT2D eigenvalue weighted by molar-refractivity contribution is 5.84. The number of amidine groups is 1. The van der Waals surface area contributed by atoms with Crippen LogP contribution in [-0.4, -0.2) is 67.3 Å².